The number of hydrogen-bond donors (Lipinski definition) is 2. The molecule has 1 unspecified atom stereocenters. The van der Waals surface area contributed by atoms with Crippen molar-refractivity contribution in [2.24, 2.45) is 0 Å². The van der Waals surface area contributed by atoms with Crippen molar-refractivity contribution in [3.8, 4) is 16.9 Å². The largest absolute Gasteiger partial charge is 0.489 e. The summed E-state index contributed by atoms with van der Waals surface area (Å²) in [6.45, 7) is 2.33. The third-order valence-corrected chi connectivity index (χ3v) is 5.65. The van der Waals surface area contributed by atoms with Crippen molar-refractivity contribution in [2.45, 2.75) is 26.0 Å². The SMILES string of the molecule is Cc1c(Cl)cccc1-c1cccc(COc2ccc3c(c2)C(=O)NC3CC(=O)O)c1. The molecule has 3 aromatic carbocycles. The number of carbonyl (C=O) groups is 2. The minimum absolute atomic E-state index is 0.144. The second-order valence-corrected chi connectivity index (χ2v) is 7.68. The third kappa shape index (κ3) is 4.02. The quantitative estimate of drug-likeness (QED) is 0.576. The molecule has 1 aliphatic heterocycles. The molecular weight excluding hydrogens is 402 g/mol. The van der Waals surface area contributed by atoms with Crippen molar-refractivity contribution in [3.05, 3.63) is 87.9 Å². The first-order chi connectivity index (χ1) is 14.4. The van der Waals surface area contributed by atoms with Crippen LogP contribution in [0.25, 0.3) is 11.1 Å². The highest BCUT2D eigenvalue weighted by molar-refractivity contribution is 6.31. The van der Waals surface area contributed by atoms with Gasteiger partial charge >= 0.3 is 5.97 Å². The molecule has 3 aromatic rings. The van der Waals surface area contributed by atoms with Crippen LogP contribution in [0.2, 0.25) is 5.02 Å². The normalized spacial score (nSPS) is 14.9. The number of fused-ring (bicyclic) bond motifs is 1. The Balaban J connectivity index is 1.51. The molecular formula is C24H20ClNO4. The zero-order valence-electron chi connectivity index (χ0n) is 16.3. The molecule has 0 saturated carbocycles. The van der Waals surface area contributed by atoms with Gasteiger partial charge in [0, 0.05) is 10.6 Å². The van der Waals surface area contributed by atoms with Crippen LogP contribution in [0, 0.1) is 6.92 Å². The fraction of sp³-hybridized carbons (Fsp3) is 0.167. The Morgan fingerprint density at radius 3 is 2.70 bits per heavy atom. The molecule has 0 aliphatic carbocycles. The van der Waals surface area contributed by atoms with E-state index in [-0.39, 0.29) is 12.3 Å². The first-order valence-corrected chi connectivity index (χ1v) is 9.94. The highest BCUT2D eigenvalue weighted by Crippen LogP contribution is 2.32. The summed E-state index contributed by atoms with van der Waals surface area (Å²) in [4.78, 5) is 23.2. The highest BCUT2D eigenvalue weighted by Gasteiger charge is 2.30. The van der Waals surface area contributed by atoms with Gasteiger partial charge < -0.3 is 15.2 Å². The summed E-state index contributed by atoms with van der Waals surface area (Å²) in [6.07, 6.45) is -0.144. The van der Waals surface area contributed by atoms with E-state index >= 15 is 0 Å². The Morgan fingerprint density at radius 2 is 1.90 bits per heavy atom. The fourth-order valence-electron chi connectivity index (χ4n) is 3.69. The molecule has 0 bridgehead atoms. The molecule has 1 aliphatic rings. The molecule has 0 spiro atoms. The van der Waals surface area contributed by atoms with Crippen LogP contribution in [0.5, 0.6) is 5.75 Å². The number of aliphatic carboxylic acids is 1. The van der Waals surface area contributed by atoms with E-state index in [9.17, 15) is 9.59 Å². The van der Waals surface area contributed by atoms with E-state index in [1.807, 2.05) is 43.3 Å². The summed E-state index contributed by atoms with van der Waals surface area (Å²) in [6, 6.07) is 18.6. The molecule has 0 radical (unpaired) electrons. The standard InChI is InChI=1S/C24H20ClNO4/c1-14-18(6-3-7-21(14)25)16-5-2-4-15(10-16)13-30-17-8-9-19-20(11-17)24(29)26-22(19)12-23(27)28/h2-11,22H,12-13H2,1H3,(H,26,29)(H,27,28). The van der Waals surface area contributed by atoms with E-state index in [0.29, 0.717) is 23.5 Å². The van der Waals surface area contributed by atoms with Gasteiger partial charge in [0.1, 0.15) is 12.4 Å². The van der Waals surface area contributed by atoms with Gasteiger partial charge in [-0.1, -0.05) is 48.0 Å². The van der Waals surface area contributed by atoms with Crippen LogP contribution in [0.1, 0.15) is 39.5 Å². The number of ether oxygens (including phenoxy) is 1. The lowest BCUT2D eigenvalue weighted by atomic mass is 9.99. The summed E-state index contributed by atoms with van der Waals surface area (Å²) in [7, 11) is 0. The molecule has 1 heterocycles. The topological polar surface area (TPSA) is 75.6 Å². The molecule has 0 fully saturated rings. The average Bonchev–Trinajstić information content (AvgIpc) is 3.03. The third-order valence-electron chi connectivity index (χ3n) is 5.24. The Hall–Kier alpha value is -3.31. The molecule has 4 rings (SSSR count). The molecule has 6 heteroatoms. The minimum Gasteiger partial charge on any atom is -0.489 e. The maximum Gasteiger partial charge on any atom is 0.305 e. The molecule has 30 heavy (non-hydrogen) atoms. The zero-order valence-corrected chi connectivity index (χ0v) is 17.1. The van der Waals surface area contributed by atoms with E-state index in [1.54, 1.807) is 18.2 Å². The minimum atomic E-state index is -0.955. The predicted molar refractivity (Wildman–Crippen MR) is 115 cm³/mol. The predicted octanol–water partition coefficient (Wildman–Crippen LogP) is 5.15. The summed E-state index contributed by atoms with van der Waals surface area (Å²) >= 11 is 6.25. The van der Waals surface area contributed by atoms with E-state index in [2.05, 4.69) is 11.4 Å². The summed E-state index contributed by atoms with van der Waals surface area (Å²) in [5, 5.41) is 12.4. The number of halogens is 1. The first-order valence-electron chi connectivity index (χ1n) is 9.56. The highest BCUT2D eigenvalue weighted by atomic mass is 35.5. The fourth-order valence-corrected chi connectivity index (χ4v) is 3.87. The van der Waals surface area contributed by atoms with E-state index in [0.717, 1.165) is 27.3 Å². The summed E-state index contributed by atoms with van der Waals surface area (Å²) in [5.74, 6) is -0.673. The Labute approximate surface area is 179 Å². The van der Waals surface area contributed by atoms with Crippen molar-refractivity contribution in [1.82, 2.24) is 5.32 Å². The van der Waals surface area contributed by atoms with Gasteiger partial charge in [-0.3, -0.25) is 9.59 Å². The van der Waals surface area contributed by atoms with Crippen molar-refractivity contribution >= 4 is 23.5 Å². The van der Waals surface area contributed by atoms with Crippen molar-refractivity contribution in [1.29, 1.82) is 0 Å². The van der Waals surface area contributed by atoms with E-state index < -0.39 is 12.0 Å². The number of rotatable bonds is 6. The van der Waals surface area contributed by atoms with E-state index in [4.69, 9.17) is 21.4 Å². The van der Waals surface area contributed by atoms with Gasteiger partial charge in [0.15, 0.2) is 0 Å². The lowest BCUT2D eigenvalue weighted by molar-refractivity contribution is -0.137. The van der Waals surface area contributed by atoms with Crippen LogP contribution >= 0.6 is 11.6 Å². The summed E-state index contributed by atoms with van der Waals surface area (Å²) < 4.78 is 5.90. The molecule has 0 saturated heterocycles. The van der Waals surface area contributed by atoms with Crippen molar-refractivity contribution in [2.75, 3.05) is 0 Å². The van der Waals surface area contributed by atoms with Gasteiger partial charge in [-0.05, 0) is 59.0 Å². The number of hydrogen-bond acceptors (Lipinski definition) is 3. The maximum atomic E-state index is 12.2. The number of carboxylic acids is 1. The average molecular weight is 422 g/mol. The smallest absolute Gasteiger partial charge is 0.305 e. The zero-order chi connectivity index (χ0) is 21.3. The number of carboxylic acid groups (broad SMARTS) is 1. The molecule has 1 atom stereocenters. The van der Waals surface area contributed by atoms with Gasteiger partial charge in [0.05, 0.1) is 12.5 Å². The molecule has 152 valence electrons. The number of amides is 1. The molecule has 0 aromatic heterocycles. The van der Waals surface area contributed by atoms with Crippen LogP contribution in [0.4, 0.5) is 0 Å². The maximum absolute atomic E-state index is 12.2. The lowest BCUT2D eigenvalue weighted by Crippen LogP contribution is -2.21. The van der Waals surface area contributed by atoms with Crippen LogP contribution in [-0.4, -0.2) is 17.0 Å². The van der Waals surface area contributed by atoms with Gasteiger partial charge in [-0.15, -0.1) is 0 Å². The molecule has 1 amide bonds. The second-order valence-electron chi connectivity index (χ2n) is 7.27. The van der Waals surface area contributed by atoms with E-state index in [1.165, 1.54) is 0 Å². The number of benzene rings is 3. The van der Waals surface area contributed by atoms with Crippen LogP contribution < -0.4 is 10.1 Å². The number of nitrogens with one attached hydrogen (secondary N) is 1. The van der Waals surface area contributed by atoms with Crippen LogP contribution in [-0.2, 0) is 11.4 Å². The first kappa shape index (κ1) is 20.0. The second kappa shape index (κ2) is 8.20. The number of carbonyl (C=O) groups excluding carboxylic acids is 1. The Bertz CT molecular complexity index is 1140. The summed E-state index contributed by atoms with van der Waals surface area (Å²) in [5.41, 5.74) is 5.29. The molecule has 5 nitrogen and oxygen atoms in total. The van der Waals surface area contributed by atoms with Gasteiger partial charge in [-0.25, -0.2) is 0 Å². The van der Waals surface area contributed by atoms with Crippen molar-refractivity contribution in [3.63, 3.8) is 0 Å². The monoisotopic (exact) mass is 421 g/mol. The van der Waals surface area contributed by atoms with Crippen LogP contribution in [0.15, 0.2) is 60.7 Å². The Kier molecular flexibility index (Phi) is 5.46. The molecule has 2 N–H and O–H groups in total. The van der Waals surface area contributed by atoms with Gasteiger partial charge in [0.25, 0.3) is 5.91 Å². The lowest BCUT2D eigenvalue weighted by Gasteiger charge is -2.12. The Morgan fingerprint density at radius 1 is 1.10 bits per heavy atom. The van der Waals surface area contributed by atoms with Gasteiger partial charge in [0.2, 0.25) is 0 Å². The van der Waals surface area contributed by atoms with Crippen LogP contribution in [0.3, 0.4) is 0 Å². The van der Waals surface area contributed by atoms with Crippen molar-refractivity contribution < 1.29 is 19.4 Å². The van der Waals surface area contributed by atoms with Gasteiger partial charge in [-0.2, -0.15) is 0 Å².